The molecular formula is C20H21N5O2S2. The SMILES string of the molecule is CCNC(=O)NC(=O)[C@@H](Sc1nnc(-c2cccs2)n1C1CC1)c1ccccc1. The number of thiophene rings is 1. The minimum absolute atomic E-state index is 0.354. The van der Waals surface area contributed by atoms with Crippen molar-refractivity contribution in [3.8, 4) is 10.7 Å². The summed E-state index contributed by atoms with van der Waals surface area (Å²) in [5.74, 6) is 0.455. The first-order valence-electron chi connectivity index (χ1n) is 9.46. The summed E-state index contributed by atoms with van der Waals surface area (Å²) in [6, 6.07) is 13.3. The summed E-state index contributed by atoms with van der Waals surface area (Å²) in [6.45, 7) is 2.25. The van der Waals surface area contributed by atoms with E-state index in [1.54, 1.807) is 18.3 Å². The Kier molecular flexibility index (Phi) is 5.96. The van der Waals surface area contributed by atoms with Crippen LogP contribution in [0.2, 0.25) is 0 Å². The predicted octanol–water partition coefficient (Wildman–Crippen LogP) is 4.02. The maximum atomic E-state index is 12.9. The Bertz CT molecular complexity index is 984. The second kappa shape index (κ2) is 8.79. The molecule has 9 heteroatoms. The van der Waals surface area contributed by atoms with Crippen LogP contribution in [0.1, 0.15) is 36.6 Å². The van der Waals surface area contributed by atoms with Crippen LogP contribution >= 0.6 is 23.1 Å². The van der Waals surface area contributed by atoms with Crippen molar-refractivity contribution in [1.82, 2.24) is 25.4 Å². The van der Waals surface area contributed by atoms with Gasteiger partial charge in [-0.1, -0.05) is 48.2 Å². The highest BCUT2D eigenvalue weighted by Crippen LogP contribution is 2.44. The number of urea groups is 1. The fourth-order valence-electron chi connectivity index (χ4n) is 2.98. The average Bonchev–Trinajstić information content (AvgIpc) is 3.24. The van der Waals surface area contributed by atoms with Gasteiger partial charge in [-0.2, -0.15) is 0 Å². The molecule has 0 aliphatic heterocycles. The number of aromatic nitrogens is 3. The fourth-order valence-corrected chi connectivity index (χ4v) is 4.79. The molecule has 4 rings (SSSR count). The number of carbonyl (C=O) groups is 2. The third kappa shape index (κ3) is 4.51. The lowest BCUT2D eigenvalue weighted by atomic mass is 10.1. The van der Waals surface area contributed by atoms with E-state index in [2.05, 4.69) is 25.4 Å². The summed E-state index contributed by atoms with van der Waals surface area (Å²) in [4.78, 5) is 25.9. The largest absolute Gasteiger partial charge is 0.338 e. The number of benzene rings is 1. The summed E-state index contributed by atoms with van der Waals surface area (Å²) in [5.41, 5.74) is 0.808. The molecule has 1 aliphatic rings. The molecule has 0 spiro atoms. The molecule has 7 nitrogen and oxygen atoms in total. The van der Waals surface area contributed by atoms with Gasteiger partial charge in [0.1, 0.15) is 5.25 Å². The first-order valence-corrected chi connectivity index (χ1v) is 11.2. The van der Waals surface area contributed by atoms with Gasteiger partial charge in [-0.25, -0.2) is 4.79 Å². The minimum atomic E-state index is -0.614. The van der Waals surface area contributed by atoms with Crippen molar-refractivity contribution in [3.63, 3.8) is 0 Å². The molecule has 29 heavy (non-hydrogen) atoms. The van der Waals surface area contributed by atoms with Crippen LogP contribution in [0.15, 0.2) is 53.0 Å². The molecule has 2 aromatic heterocycles. The van der Waals surface area contributed by atoms with Crippen LogP contribution in [0.5, 0.6) is 0 Å². The Balaban J connectivity index is 1.65. The molecule has 1 fully saturated rings. The lowest BCUT2D eigenvalue weighted by molar-refractivity contribution is -0.119. The van der Waals surface area contributed by atoms with Crippen LogP contribution in [-0.4, -0.2) is 33.2 Å². The van der Waals surface area contributed by atoms with Gasteiger partial charge in [0.15, 0.2) is 11.0 Å². The minimum Gasteiger partial charge on any atom is -0.338 e. The molecule has 2 heterocycles. The zero-order chi connectivity index (χ0) is 20.2. The van der Waals surface area contributed by atoms with Gasteiger partial charge in [0.2, 0.25) is 5.91 Å². The smallest absolute Gasteiger partial charge is 0.321 e. The van der Waals surface area contributed by atoms with Crippen molar-refractivity contribution < 1.29 is 9.59 Å². The third-order valence-electron chi connectivity index (χ3n) is 4.46. The molecule has 3 amide bonds. The highest BCUT2D eigenvalue weighted by Gasteiger charge is 2.33. The molecule has 3 aromatic rings. The second-order valence-corrected chi connectivity index (χ2v) is 8.66. The molecule has 150 valence electrons. The van der Waals surface area contributed by atoms with E-state index in [9.17, 15) is 9.59 Å². The van der Waals surface area contributed by atoms with Gasteiger partial charge in [-0.3, -0.25) is 14.7 Å². The molecule has 1 atom stereocenters. The number of nitrogens with zero attached hydrogens (tertiary/aromatic N) is 3. The van der Waals surface area contributed by atoms with E-state index in [0.29, 0.717) is 17.7 Å². The van der Waals surface area contributed by atoms with Gasteiger partial charge in [0, 0.05) is 12.6 Å². The van der Waals surface area contributed by atoms with Gasteiger partial charge in [0.25, 0.3) is 0 Å². The molecule has 1 aromatic carbocycles. The average molecular weight is 428 g/mol. The lowest BCUT2D eigenvalue weighted by Crippen LogP contribution is -2.41. The zero-order valence-corrected chi connectivity index (χ0v) is 17.5. The van der Waals surface area contributed by atoms with Crippen LogP contribution in [0, 0.1) is 0 Å². The van der Waals surface area contributed by atoms with Crippen LogP contribution in [-0.2, 0) is 4.79 Å². The molecule has 0 radical (unpaired) electrons. The Labute approximate surface area is 176 Å². The normalized spacial score (nSPS) is 14.4. The van der Waals surface area contributed by atoms with Crippen molar-refractivity contribution in [2.75, 3.05) is 6.54 Å². The van der Waals surface area contributed by atoms with Gasteiger partial charge in [-0.15, -0.1) is 21.5 Å². The van der Waals surface area contributed by atoms with Gasteiger partial charge in [0.05, 0.1) is 4.88 Å². The van der Waals surface area contributed by atoms with Crippen LogP contribution in [0.3, 0.4) is 0 Å². The van der Waals surface area contributed by atoms with Crippen molar-refractivity contribution >= 4 is 35.0 Å². The summed E-state index contributed by atoms with van der Waals surface area (Å²) >= 11 is 2.94. The molecule has 1 aliphatic carbocycles. The Morgan fingerprint density at radius 2 is 2.00 bits per heavy atom. The standard InChI is InChI=1S/C20H21N5O2S2/c1-2-21-19(27)22-18(26)16(13-7-4-3-5-8-13)29-20-24-23-17(15-9-6-12-28-15)25(20)14-10-11-14/h3-9,12,14,16H,2,10-11H2,1H3,(H2,21,22,26,27)/t16-/m0/s1. The van der Waals surface area contributed by atoms with Crippen molar-refractivity contribution in [3.05, 3.63) is 53.4 Å². The molecule has 0 saturated heterocycles. The van der Waals surface area contributed by atoms with Crippen LogP contribution in [0.25, 0.3) is 10.7 Å². The number of nitrogens with one attached hydrogen (secondary N) is 2. The fraction of sp³-hybridized carbons (Fsp3) is 0.300. The number of rotatable bonds is 7. The lowest BCUT2D eigenvalue weighted by Gasteiger charge is -2.17. The predicted molar refractivity (Wildman–Crippen MR) is 114 cm³/mol. The number of amides is 3. The topological polar surface area (TPSA) is 88.9 Å². The molecule has 0 unspecified atom stereocenters. The molecule has 1 saturated carbocycles. The summed E-state index contributed by atoms with van der Waals surface area (Å²) in [7, 11) is 0. The van der Waals surface area contributed by atoms with Crippen LogP contribution < -0.4 is 10.6 Å². The summed E-state index contributed by atoms with van der Waals surface area (Å²) in [5, 5.41) is 15.9. The molecule has 0 bridgehead atoms. The quantitative estimate of drug-likeness (QED) is 0.556. The summed E-state index contributed by atoms with van der Waals surface area (Å²) in [6.07, 6.45) is 2.15. The first kappa shape index (κ1) is 19.7. The number of hydrogen-bond acceptors (Lipinski definition) is 6. The van der Waals surface area contributed by atoms with E-state index in [4.69, 9.17) is 0 Å². The van der Waals surface area contributed by atoms with Crippen molar-refractivity contribution in [2.24, 2.45) is 0 Å². The number of imide groups is 1. The third-order valence-corrected chi connectivity index (χ3v) is 6.53. The van der Waals surface area contributed by atoms with Gasteiger partial charge < -0.3 is 5.32 Å². The Morgan fingerprint density at radius 3 is 2.66 bits per heavy atom. The van der Waals surface area contributed by atoms with E-state index in [0.717, 1.165) is 29.1 Å². The van der Waals surface area contributed by atoms with Crippen molar-refractivity contribution in [2.45, 2.75) is 36.2 Å². The number of hydrogen-bond donors (Lipinski definition) is 2. The maximum Gasteiger partial charge on any atom is 0.321 e. The van der Waals surface area contributed by atoms with Crippen LogP contribution in [0.4, 0.5) is 4.79 Å². The monoisotopic (exact) mass is 427 g/mol. The van der Waals surface area contributed by atoms with E-state index in [-0.39, 0.29) is 5.91 Å². The maximum absolute atomic E-state index is 12.9. The Hall–Kier alpha value is -2.65. The molecule has 2 N–H and O–H groups in total. The van der Waals surface area contributed by atoms with E-state index in [1.807, 2.05) is 47.8 Å². The summed E-state index contributed by atoms with van der Waals surface area (Å²) < 4.78 is 2.13. The second-order valence-electron chi connectivity index (χ2n) is 6.64. The molecular weight excluding hydrogens is 406 g/mol. The van der Waals surface area contributed by atoms with Crippen molar-refractivity contribution in [1.29, 1.82) is 0 Å². The zero-order valence-electron chi connectivity index (χ0n) is 15.9. The van der Waals surface area contributed by atoms with E-state index in [1.165, 1.54) is 11.8 Å². The van der Waals surface area contributed by atoms with Gasteiger partial charge in [-0.05, 0) is 36.8 Å². The highest BCUT2D eigenvalue weighted by molar-refractivity contribution is 8.00. The van der Waals surface area contributed by atoms with E-state index < -0.39 is 11.3 Å². The highest BCUT2D eigenvalue weighted by atomic mass is 32.2. The van der Waals surface area contributed by atoms with Gasteiger partial charge >= 0.3 is 6.03 Å². The number of carbonyl (C=O) groups excluding carboxylic acids is 2. The van der Waals surface area contributed by atoms with E-state index >= 15 is 0 Å². The Morgan fingerprint density at radius 1 is 1.21 bits per heavy atom. The number of thioether (sulfide) groups is 1. The first-order chi connectivity index (χ1) is 14.2.